The van der Waals surface area contributed by atoms with Crippen LogP contribution in [-0.2, 0) is 9.53 Å². The summed E-state index contributed by atoms with van der Waals surface area (Å²) in [4.78, 5) is 32.1. The topological polar surface area (TPSA) is 62.7 Å². The number of hydrogen-bond acceptors (Lipinski definition) is 5. The summed E-state index contributed by atoms with van der Waals surface area (Å²) in [6.45, 7) is 1.68. The van der Waals surface area contributed by atoms with Crippen LogP contribution in [0.15, 0.2) is 24.3 Å². The molecule has 2 saturated heterocycles. The number of aromatic nitrogens is 1. The molecule has 1 unspecified atom stereocenters. The number of nitrogens with zero attached hydrogens (tertiary/aromatic N) is 3. The van der Waals surface area contributed by atoms with Crippen molar-refractivity contribution in [2.45, 2.75) is 18.9 Å². The van der Waals surface area contributed by atoms with Gasteiger partial charge in [0.05, 0.1) is 22.8 Å². The first-order chi connectivity index (χ1) is 11.2. The van der Waals surface area contributed by atoms with Gasteiger partial charge in [0.25, 0.3) is 0 Å². The van der Waals surface area contributed by atoms with E-state index in [1.165, 1.54) is 4.90 Å². The Morgan fingerprint density at radius 2 is 2.22 bits per heavy atom. The monoisotopic (exact) mass is 331 g/mol. The number of rotatable bonds is 3. The van der Waals surface area contributed by atoms with E-state index in [1.54, 1.807) is 11.3 Å². The Morgan fingerprint density at radius 3 is 3.00 bits per heavy atom. The Labute approximate surface area is 137 Å². The lowest BCUT2D eigenvalue weighted by molar-refractivity contribution is -0.132. The van der Waals surface area contributed by atoms with Gasteiger partial charge in [0.2, 0.25) is 5.91 Å². The number of ether oxygens (including phenoxy) is 1. The van der Waals surface area contributed by atoms with E-state index in [-0.39, 0.29) is 18.5 Å². The third-order valence-electron chi connectivity index (χ3n) is 4.34. The van der Waals surface area contributed by atoms with E-state index in [2.05, 4.69) is 6.07 Å². The maximum Gasteiger partial charge on any atom is 0.410 e. The molecule has 1 atom stereocenters. The van der Waals surface area contributed by atoms with Crippen LogP contribution < -0.4 is 0 Å². The van der Waals surface area contributed by atoms with Gasteiger partial charge >= 0.3 is 6.09 Å². The summed E-state index contributed by atoms with van der Waals surface area (Å²) < 4.78 is 6.03. The lowest BCUT2D eigenvalue weighted by Gasteiger charge is -2.25. The van der Waals surface area contributed by atoms with Gasteiger partial charge in [-0.3, -0.25) is 9.69 Å². The molecule has 0 radical (unpaired) electrons. The van der Waals surface area contributed by atoms with Gasteiger partial charge in [-0.2, -0.15) is 0 Å². The van der Waals surface area contributed by atoms with E-state index in [1.807, 2.05) is 23.1 Å². The molecule has 3 heterocycles. The summed E-state index contributed by atoms with van der Waals surface area (Å²) in [5.74, 6) is -0.0226. The SMILES string of the molecule is O=C1OCCN1CC(=O)N1CCCC1c1nc2ccccc2s1. The molecule has 0 spiro atoms. The van der Waals surface area contributed by atoms with Crippen LogP contribution in [-0.4, -0.2) is 53.0 Å². The molecule has 120 valence electrons. The van der Waals surface area contributed by atoms with Crippen LogP contribution in [0.5, 0.6) is 0 Å². The van der Waals surface area contributed by atoms with Gasteiger partial charge in [-0.1, -0.05) is 12.1 Å². The van der Waals surface area contributed by atoms with Crippen LogP contribution >= 0.6 is 11.3 Å². The smallest absolute Gasteiger partial charge is 0.410 e. The van der Waals surface area contributed by atoms with E-state index in [0.717, 1.165) is 34.6 Å². The fourth-order valence-electron chi connectivity index (χ4n) is 3.18. The highest BCUT2D eigenvalue weighted by atomic mass is 32.1. The second-order valence-electron chi connectivity index (χ2n) is 5.80. The molecule has 2 aliphatic rings. The molecule has 1 aromatic carbocycles. The molecule has 0 aliphatic carbocycles. The lowest BCUT2D eigenvalue weighted by atomic mass is 10.2. The predicted octanol–water partition coefficient (Wildman–Crippen LogP) is 2.41. The van der Waals surface area contributed by atoms with Crippen molar-refractivity contribution >= 4 is 33.6 Å². The molecule has 2 amide bonds. The largest absolute Gasteiger partial charge is 0.448 e. The molecule has 0 N–H and O–H groups in total. The maximum atomic E-state index is 12.6. The van der Waals surface area contributed by atoms with Crippen LogP contribution in [0.25, 0.3) is 10.2 Å². The molecular formula is C16H17N3O3S. The number of benzene rings is 1. The van der Waals surface area contributed by atoms with E-state index < -0.39 is 6.09 Å². The van der Waals surface area contributed by atoms with Crippen LogP contribution in [0.3, 0.4) is 0 Å². The Bertz CT molecular complexity index is 727. The summed E-state index contributed by atoms with van der Waals surface area (Å²) >= 11 is 1.65. The van der Waals surface area contributed by atoms with Crippen molar-refractivity contribution in [3.8, 4) is 0 Å². The van der Waals surface area contributed by atoms with Crippen molar-refractivity contribution < 1.29 is 14.3 Å². The van der Waals surface area contributed by atoms with Gasteiger partial charge in [0.1, 0.15) is 18.2 Å². The summed E-state index contributed by atoms with van der Waals surface area (Å²) in [6, 6.07) is 8.05. The van der Waals surface area contributed by atoms with Crippen molar-refractivity contribution in [1.29, 1.82) is 0 Å². The second-order valence-corrected chi connectivity index (χ2v) is 6.86. The average molecular weight is 331 g/mol. The highest BCUT2D eigenvalue weighted by Gasteiger charge is 2.34. The van der Waals surface area contributed by atoms with Crippen molar-refractivity contribution in [3.05, 3.63) is 29.3 Å². The highest BCUT2D eigenvalue weighted by Crippen LogP contribution is 2.36. The number of carbonyl (C=O) groups is 2. The number of amides is 2. The van der Waals surface area contributed by atoms with E-state index in [9.17, 15) is 9.59 Å². The molecule has 0 bridgehead atoms. The first-order valence-corrected chi connectivity index (χ1v) is 8.60. The number of cyclic esters (lactones) is 1. The van der Waals surface area contributed by atoms with Crippen molar-refractivity contribution in [2.75, 3.05) is 26.2 Å². The van der Waals surface area contributed by atoms with Gasteiger partial charge < -0.3 is 9.64 Å². The standard InChI is InChI=1S/C16H17N3O3S/c20-14(10-18-8-9-22-16(18)21)19-7-3-5-12(19)15-17-11-4-1-2-6-13(11)23-15/h1-2,4,6,12H,3,5,7-10H2. The summed E-state index contributed by atoms with van der Waals surface area (Å²) in [7, 11) is 0. The highest BCUT2D eigenvalue weighted by molar-refractivity contribution is 7.18. The minimum atomic E-state index is -0.394. The summed E-state index contributed by atoms with van der Waals surface area (Å²) in [6.07, 6.45) is 1.50. The molecule has 0 saturated carbocycles. The summed E-state index contributed by atoms with van der Waals surface area (Å²) in [5, 5.41) is 0.987. The Morgan fingerprint density at radius 1 is 1.35 bits per heavy atom. The third kappa shape index (κ3) is 2.65. The molecule has 6 nitrogen and oxygen atoms in total. The Hall–Kier alpha value is -2.15. The molecule has 2 aliphatic heterocycles. The maximum absolute atomic E-state index is 12.6. The number of hydrogen-bond donors (Lipinski definition) is 0. The number of thiazole rings is 1. The normalized spacial score (nSPS) is 21.2. The van der Waals surface area contributed by atoms with Crippen molar-refractivity contribution in [3.63, 3.8) is 0 Å². The molecule has 4 rings (SSSR count). The second kappa shape index (κ2) is 5.81. The van der Waals surface area contributed by atoms with Gasteiger partial charge in [-0.05, 0) is 25.0 Å². The fraction of sp³-hybridized carbons (Fsp3) is 0.438. The Balaban J connectivity index is 1.53. The van der Waals surface area contributed by atoms with Crippen molar-refractivity contribution in [2.24, 2.45) is 0 Å². The predicted molar refractivity (Wildman–Crippen MR) is 86.2 cm³/mol. The zero-order valence-electron chi connectivity index (χ0n) is 12.6. The zero-order valence-corrected chi connectivity index (χ0v) is 13.4. The third-order valence-corrected chi connectivity index (χ3v) is 5.48. The number of likely N-dealkylation sites (tertiary alicyclic amines) is 1. The molecular weight excluding hydrogens is 314 g/mol. The minimum absolute atomic E-state index is 0.0226. The van der Waals surface area contributed by atoms with E-state index in [0.29, 0.717) is 13.2 Å². The van der Waals surface area contributed by atoms with E-state index >= 15 is 0 Å². The van der Waals surface area contributed by atoms with Gasteiger partial charge in [-0.15, -0.1) is 11.3 Å². The van der Waals surface area contributed by atoms with Gasteiger partial charge in [0.15, 0.2) is 0 Å². The number of carbonyl (C=O) groups excluding carboxylic acids is 2. The number of para-hydroxylation sites is 1. The van der Waals surface area contributed by atoms with Crippen LogP contribution in [0.1, 0.15) is 23.9 Å². The quantitative estimate of drug-likeness (QED) is 0.866. The zero-order chi connectivity index (χ0) is 15.8. The van der Waals surface area contributed by atoms with Crippen LogP contribution in [0.2, 0.25) is 0 Å². The van der Waals surface area contributed by atoms with Gasteiger partial charge in [-0.25, -0.2) is 9.78 Å². The number of fused-ring (bicyclic) bond motifs is 1. The Kier molecular flexibility index (Phi) is 3.65. The summed E-state index contributed by atoms with van der Waals surface area (Å²) in [5.41, 5.74) is 0.981. The molecule has 1 aromatic heterocycles. The van der Waals surface area contributed by atoms with Gasteiger partial charge in [0, 0.05) is 6.54 Å². The first kappa shape index (κ1) is 14.4. The first-order valence-electron chi connectivity index (χ1n) is 7.79. The van der Waals surface area contributed by atoms with Crippen molar-refractivity contribution in [1.82, 2.24) is 14.8 Å². The van der Waals surface area contributed by atoms with E-state index in [4.69, 9.17) is 9.72 Å². The molecule has 2 fully saturated rings. The fourth-order valence-corrected chi connectivity index (χ4v) is 4.29. The minimum Gasteiger partial charge on any atom is -0.448 e. The average Bonchev–Trinajstić information content (AvgIpc) is 3.26. The lowest BCUT2D eigenvalue weighted by Crippen LogP contribution is -2.40. The molecule has 7 heteroatoms. The molecule has 23 heavy (non-hydrogen) atoms. The van der Waals surface area contributed by atoms with Crippen LogP contribution in [0.4, 0.5) is 4.79 Å². The molecule has 2 aromatic rings. The van der Waals surface area contributed by atoms with Crippen LogP contribution in [0, 0.1) is 0 Å².